The van der Waals surface area contributed by atoms with Crippen LogP contribution in [0.4, 0.5) is 10.5 Å². The highest BCUT2D eigenvalue weighted by Gasteiger charge is 2.12. The molecular formula is C19H25N3O3S. The Morgan fingerprint density at radius 2 is 1.62 bits per heavy atom. The first-order chi connectivity index (χ1) is 12.4. The van der Waals surface area contributed by atoms with E-state index < -0.39 is 10.0 Å². The van der Waals surface area contributed by atoms with Gasteiger partial charge in [-0.25, -0.2) is 17.9 Å². The van der Waals surface area contributed by atoms with Crippen LogP contribution in [0.1, 0.15) is 24.5 Å². The maximum atomic E-state index is 12.1. The van der Waals surface area contributed by atoms with Gasteiger partial charge in [-0.3, -0.25) is 0 Å². The molecule has 0 saturated heterocycles. The summed E-state index contributed by atoms with van der Waals surface area (Å²) in [4.78, 5) is 12.1. The number of hydrogen-bond acceptors (Lipinski definition) is 3. The minimum absolute atomic E-state index is 0.240. The van der Waals surface area contributed by atoms with E-state index in [9.17, 15) is 13.2 Å². The summed E-state index contributed by atoms with van der Waals surface area (Å²) < 4.78 is 26.8. The molecule has 3 N–H and O–H groups in total. The van der Waals surface area contributed by atoms with Crippen molar-refractivity contribution in [2.24, 2.45) is 0 Å². The maximum absolute atomic E-state index is 12.1. The molecule has 2 amide bonds. The van der Waals surface area contributed by atoms with Crippen LogP contribution in [-0.2, 0) is 16.4 Å². The minimum Gasteiger partial charge on any atom is -0.338 e. The Morgan fingerprint density at radius 1 is 0.962 bits per heavy atom. The van der Waals surface area contributed by atoms with Crippen molar-refractivity contribution in [2.75, 3.05) is 18.4 Å². The fraction of sp³-hybridized carbons (Fsp3) is 0.316. The zero-order valence-corrected chi connectivity index (χ0v) is 15.9. The Balaban J connectivity index is 1.69. The summed E-state index contributed by atoms with van der Waals surface area (Å²) in [6.07, 6.45) is 1.44. The third-order valence-corrected chi connectivity index (χ3v) is 5.36. The van der Waals surface area contributed by atoms with Crippen LogP contribution in [0.5, 0.6) is 0 Å². The number of carbonyl (C=O) groups is 1. The fourth-order valence-electron chi connectivity index (χ4n) is 2.30. The Kier molecular flexibility index (Phi) is 7.17. The molecule has 0 fully saturated rings. The average molecular weight is 375 g/mol. The van der Waals surface area contributed by atoms with Crippen LogP contribution in [0.2, 0.25) is 0 Å². The van der Waals surface area contributed by atoms with Crippen molar-refractivity contribution in [1.29, 1.82) is 0 Å². The summed E-state index contributed by atoms with van der Waals surface area (Å²) >= 11 is 0. The predicted molar refractivity (Wildman–Crippen MR) is 104 cm³/mol. The van der Waals surface area contributed by atoms with Gasteiger partial charge in [0.05, 0.1) is 4.90 Å². The molecule has 0 bridgehead atoms. The summed E-state index contributed by atoms with van der Waals surface area (Å²) in [6, 6.07) is 14.0. The minimum atomic E-state index is -3.51. The Hall–Kier alpha value is -2.38. The third-order valence-electron chi connectivity index (χ3n) is 3.88. The average Bonchev–Trinajstić information content (AvgIpc) is 2.62. The second-order valence-electron chi connectivity index (χ2n) is 6.00. The number of anilines is 1. The van der Waals surface area contributed by atoms with Crippen LogP contribution in [0.25, 0.3) is 0 Å². The van der Waals surface area contributed by atoms with Gasteiger partial charge >= 0.3 is 6.03 Å². The molecule has 6 nitrogen and oxygen atoms in total. The van der Waals surface area contributed by atoms with Gasteiger partial charge in [-0.05, 0) is 49.6 Å². The van der Waals surface area contributed by atoms with E-state index in [0.29, 0.717) is 13.0 Å². The van der Waals surface area contributed by atoms with Gasteiger partial charge < -0.3 is 10.6 Å². The Morgan fingerprint density at radius 3 is 2.23 bits per heavy atom. The van der Waals surface area contributed by atoms with E-state index in [2.05, 4.69) is 22.3 Å². The van der Waals surface area contributed by atoms with E-state index in [4.69, 9.17) is 0 Å². The molecule has 0 aliphatic rings. The van der Waals surface area contributed by atoms with Gasteiger partial charge in [0.25, 0.3) is 0 Å². The molecule has 0 aliphatic heterocycles. The van der Waals surface area contributed by atoms with Crippen LogP contribution in [0.3, 0.4) is 0 Å². The van der Waals surface area contributed by atoms with E-state index in [1.54, 1.807) is 24.3 Å². The molecule has 0 saturated carbocycles. The number of aryl methyl sites for hydroxylation is 2. The number of rotatable bonds is 8. The lowest BCUT2D eigenvalue weighted by Gasteiger charge is -2.09. The van der Waals surface area contributed by atoms with Crippen LogP contribution >= 0.6 is 0 Å². The van der Waals surface area contributed by atoms with E-state index in [1.807, 2.05) is 31.2 Å². The van der Waals surface area contributed by atoms with E-state index >= 15 is 0 Å². The number of hydrogen-bond donors (Lipinski definition) is 3. The number of benzene rings is 2. The first kappa shape index (κ1) is 19.9. The van der Waals surface area contributed by atoms with Gasteiger partial charge in [-0.15, -0.1) is 0 Å². The van der Waals surface area contributed by atoms with Gasteiger partial charge in [0.15, 0.2) is 0 Å². The van der Waals surface area contributed by atoms with Gasteiger partial charge in [-0.1, -0.05) is 36.8 Å². The van der Waals surface area contributed by atoms with Gasteiger partial charge in [0.2, 0.25) is 10.0 Å². The van der Waals surface area contributed by atoms with E-state index in [0.717, 1.165) is 17.7 Å². The number of amides is 2. The van der Waals surface area contributed by atoms with Crippen molar-refractivity contribution in [3.63, 3.8) is 0 Å². The van der Waals surface area contributed by atoms with Crippen molar-refractivity contribution in [1.82, 2.24) is 10.0 Å². The number of urea groups is 1. The third kappa shape index (κ3) is 6.16. The smallest absolute Gasteiger partial charge is 0.319 e. The lowest BCUT2D eigenvalue weighted by molar-refractivity contribution is 0.252. The summed E-state index contributed by atoms with van der Waals surface area (Å²) in [5, 5.41) is 5.45. The molecule has 0 aliphatic carbocycles. The van der Waals surface area contributed by atoms with Crippen molar-refractivity contribution in [2.45, 2.75) is 31.6 Å². The van der Waals surface area contributed by atoms with Gasteiger partial charge in [0, 0.05) is 18.8 Å². The van der Waals surface area contributed by atoms with Crippen LogP contribution in [0, 0.1) is 6.92 Å². The van der Waals surface area contributed by atoms with Gasteiger partial charge in [-0.2, -0.15) is 0 Å². The van der Waals surface area contributed by atoms with Gasteiger partial charge in [0.1, 0.15) is 0 Å². The monoisotopic (exact) mass is 375 g/mol. The number of sulfonamides is 1. The van der Waals surface area contributed by atoms with Crippen LogP contribution in [0.15, 0.2) is 53.4 Å². The Bertz CT molecular complexity index is 816. The molecule has 140 valence electrons. The van der Waals surface area contributed by atoms with Crippen molar-refractivity contribution >= 4 is 21.7 Å². The standard InChI is InChI=1S/C19H25N3O3S/c1-3-16-7-9-17(10-8-16)22-19(23)20-13-4-14-21-26(24,25)18-11-5-15(2)6-12-18/h5-12,21H,3-4,13-14H2,1-2H3,(H2,20,22,23). The second-order valence-corrected chi connectivity index (χ2v) is 7.76. The molecule has 0 unspecified atom stereocenters. The maximum Gasteiger partial charge on any atom is 0.319 e. The first-order valence-corrected chi connectivity index (χ1v) is 10.1. The predicted octanol–water partition coefficient (Wildman–Crippen LogP) is 3.05. The topological polar surface area (TPSA) is 87.3 Å². The normalized spacial score (nSPS) is 11.2. The highest BCUT2D eigenvalue weighted by atomic mass is 32.2. The molecule has 0 atom stereocenters. The van der Waals surface area contributed by atoms with Crippen molar-refractivity contribution in [3.05, 3.63) is 59.7 Å². The molecule has 0 aromatic heterocycles. The molecule has 0 spiro atoms. The summed E-state index contributed by atoms with van der Waals surface area (Å²) in [7, 11) is -3.51. The molecule has 2 aromatic rings. The molecule has 2 aromatic carbocycles. The first-order valence-electron chi connectivity index (χ1n) is 8.61. The van der Waals surface area contributed by atoms with Crippen LogP contribution in [-0.4, -0.2) is 27.5 Å². The molecule has 2 rings (SSSR count). The van der Waals surface area contributed by atoms with E-state index in [1.165, 1.54) is 5.56 Å². The highest BCUT2D eigenvalue weighted by Crippen LogP contribution is 2.10. The molecule has 0 heterocycles. The van der Waals surface area contributed by atoms with Crippen LogP contribution < -0.4 is 15.4 Å². The second kappa shape index (κ2) is 9.35. The van der Waals surface area contributed by atoms with E-state index in [-0.39, 0.29) is 17.5 Å². The Labute approximate surface area is 155 Å². The molecule has 0 radical (unpaired) electrons. The largest absolute Gasteiger partial charge is 0.338 e. The molecular weight excluding hydrogens is 350 g/mol. The zero-order chi connectivity index (χ0) is 19.0. The van der Waals surface area contributed by atoms with Crippen molar-refractivity contribution < 1.29 is 13.2 Å². The summed E-state index contributed by atoms with van der Waals surface area (Å²) in [5.74, 6) is 0. The lowest BCUT2D eigenvalue weighted by Crippen LogP contribution is -2.32. The summed E-state index contributed by atoms with van der Waals surface area (Å²) in [5.41, 5.74) is 2.93. The molecule has 7 heteroatoms. The number of nitrogens with one attached hydrogen (secondary N) is 3. The fourth-order valence-corrected chi connectivity index (χ4v) is 3.37. The number of carbonyl (C=O) groups excluding carboxylic acids is 1. The lowest BCUT2D eigenvalue weighted by atomic mass is 10.1. The van der Waals surface area contributed by atoms with Crippen molar-refractivity contribution in [3.8, 4) is 0 Å². The zero-order valence-electron chi connectivity index (χ0n) is 15.1. The quantitative estimate of drug-likeness (QED) is 0.620. The highest BCUT2D eigenvalue weighted by molar-refractivity contribution is 7.89. The molecule has 26 heavy (non-hydrogen) atoms. The summed E-state index contributed by atoms with van der Waals surface area (Å²) in [6.45, 7) is 4.60. The SMILES string of the molecule is CCc1ccc(NC(=O)NCCCNS(=O)(=O)c2ccc(C)cc2)cc1.